The summed E-state index contributed by atoms with van der Waals surface area (Å²) in [5, 5.41) is 11.1. The zero-order chi connectivity index (χ0) is 18.2. The second-order valence-corrected chi connectivity index (χ2v) is 8.36. The molecule has 1 saturated carbocycles. The van der Waals surface area contributed by atoms with E-state index in [1.54, 1.807) is 6.92 Å². The summed E-state index contributed by atoms with van der Waals surface area (Å²) >= 11 is 0. The third-order valence-corrected chi connectivity index (χ3v) is 6.29. The van der Waals surface area contributed by atoms with E-state index < -0.39 is 14.9 Å². The molecule has 3 rings (SSSR count). The summed E-state index contributed by atoms with van der Waals surface area (Å²) in [7, 11) is -3.79. The number of nitro groups is 1. The molecule has 0 unspecified atom stereocenters. The van der Waals surface area contributed by atoms with Crippen LogP contribution in [-0.4, -0.2) is 23.7 Å². The lowest BCUT2D eigenvalue weighted by molar-refractivity contribution is -0.385. The highest BCUT2D eigenvalue weighted by Gasteiger charge is 2.38. The maximum Gasteiger partial charge on any atom is 0.273 e. The van der Waals surface area contributed by atoms with Gasteiger partial charge in [0, 0.05) is 24.2 Å². The first-order valence-corrected chi connectivity index (χ1v) is 9.55. The van der Waals surface area contributed by atoms with Gasteiger partial charge in [0.25, 0.3) is 5.69 Å². The van der Waals surface area contributed by atoms with Crippen molar-refractivity contribution in [1.29, 1.82) is 0 Å². The minimum Gasteiger partial charge on any atom is -0.258 e. The first kappa shape index (κ1) is 17.6. The van der Waals surface area contributed by atoms with Crippen LogP contribution in [0.15, 0.2) is 47.4 Å². The summed E-state index contributed by atoms with van der Waals surface area (Å²) in [6.07, 6.45) is 1.64. The van der Waals surface area contributed by atoms with Gasteiger partial charge in [-0.15, -0.1) is 0 Å². The largest absolute Gasteiger partial charge is 0.273 e. The van der Waals surface area contributed by atoms with Gasteiger partial charge in [-0.05, 0) is 38.3 Å². The summed E-state index contributed by atoms with van der Waals surface area (Å²) in [4.78, 5) is 10.6. The van der Waals surface area contributed by atoms with E-state index in [2.05, 4.69) is 0 Å². The lowest BCUT2D eigenvalue weighted by atomic mass is 10.1. The fourth-order valence-corrected chi connectivity index (χ4v) is 4.42. The van der Waals surface area contributed by atoms with Crippen molar-refractivity contribution in [1.82, 2.24) is 4.31 Å². The first-order valence-electron chi connectivity index (χ1n) is 8.11. The Hall–Kier alpha value is -2.25. The van der Waals surface area contributed by atoms with Gasteiger partial charge in [-0.1, -0.05) is 35.9 Å². The smallest absolute Gasteiger partial charge is 0.258 e. The number of sulfonamides is 1. The number of aryl methyl sites for hydroxylation is 2. The Morgan fingerprint density at radius 2 is 1.76 bits per heavy atom. The summed E-state index contributed by atoms with van der Waals surface area (Å²) < 4.78 is 27.6. The molecule has 2 aromatic carbocycles. The average Bonchev–Trinajstić information content (AvgIpc) is 3.38. The van der Waals surface area contributed by atoms with Crippen LogP contribution in [-0.2, 0) is 16.6 Å². The molecule has 1 aliphatic carbocycles. The second-order valence-electron chi connectivity index (χ2n) is 6.47. The van der Waals surface area contributed by atoms with E-state index in [0.717, 1.165) is 30.0 Å². The van der Waals surface area contributed by atoms with Gasteiger partial charge < -0.3 is 0 Å². The van der Waals surface area contributed by atoms with Crippen LogP contribution >= 0.6 is 0 Å². The van der Waals surface area contributed by atoms with Gasteiger partial charge in [-0.3, -0.25) is 10.1 Å². The zero-order valence-electron chi connectivity index (χ0n) is 14.2. The molecule has 0 bridgehead atoms. The molecule has 1 aliphatic rings. The molecular formula is C18H20N2O4S. The topological polar surface area (TPSA) is 80.5 Å². The van der Waals surface area contributed by atoms with E-state index in [4.69, 9.17) is 0 Å². The molecule has 0 saturated heterocycles. The average molecular weight is 360 g/mol. The molecule has 7 heteroatoms. The Morgan fingerprint density at radius 3 is 2.32 bits per heavy atom. The van der Waals surface area contributed by atoms with Crippen LogP contribution in [0.1, 0.15) is 29.5 Å². The Morgan fingerprint density at radius 1 is 1.12 bits per heavy atom. The monoisotopic (exact) mass is 360 g/mol. The number of hydrogen-bond acceptors (Lipinski definition) is 4. The van der Waals surface area contributed by atoms with E-state index in [9.17, 15) is 18.5 Å². The maximum absolute atomic E-state index is 13.1. The molecule has 0 N–H and O–H groups in total. The highest BCUT2D eigenvalue weighted by Crippen LogP contribution is 2.34. The zero-order valence-corrected chi connectivity index (χ0v) is 15.0. The lowest BCUT2D eigenvalue weighted by Gasteiger charge is -2.22. The van der Waals surface area contributed by atoms with Crippen molar-refractivity contribution in [2.45, 2.75) is 44.2 Å². The van der Waals surface area contributed by atoms with E-state index in [1.165, 1.54) is 16.4 Å². The number of hydrogen-bond donors (Lipinski definition) is 0. The molecule has 25 heavy (non-hydrogen) atoms. The quantitative estimate of drug-likeness (QED) is 0.583. The van der Waals surface area contributed by atoms with E-state index in [-0.39, 0.29) is 23.2 Å². The first-order chi connectivity index (χ1) is 11.8. The second kappa shape index (κ2) is 6.57. The van der Waals surface area contributed by atoms with Crippen molar-refractivity contribution in [2.75, 3.05) is 0 Å². The number of nitrogens with zero attached hydrogens (tertiary/aromatic N) is 2. The molecule has 0 amide bonds. The summed E-state index contributed by atoms with van der Waals surface area (Å²) in [5.74, 6) is 0. The third-order valence-electron chi connectivity index (χ3n) is 4.40. The van der Waals surface area contributed by atoms with Gasteiger partial charge in [0.1, 0.15) is 0 Å². The Balaban J connectivity index is 1.96. The van der Waals surface area contributed by atoms with Crippen LogP contribution in [0.2, 0.25) is 0 Å². The fourth-order valence-electron chi connectivity index (χ4n) is 2.73. The van der Waals surface area contributed by atoms with Gasteiger partial charge in [0.2, 0.25) is 10.0 Å². The maximum atomic E-state index is 13.1. The summed E-state index contributed by atoms with van der Waals surface area (Å²) in [5.41, 5.74) is 2.29. The minimum atomic E-state index is -3.79. The van der Waals surface area contributed by atoms with Crippen LogP contribution in [0.5, 0.6) is 0 Å². The highest BCUT2D eigenvalue weighted by molar-refractivity contribution is 7.89. The number of benzene rings is 2. The standard InChI is InChI=1S/C18H20N2O4S/c1-13-3-6-15(7-4-13)12-19(16-8-9-16)25(23,24)17-10-5-14(2)18(11-17)20(21)22/h3-7,10-11,16H,8-9,12H2,1-2H3. The predicted octanol–water partition coefficient (Wildman–Crippen LogP) is 3.56. The van der Waals surface area contributed by atoms with E-state index in [0.29, 0.717) is 5.56 Å². The molecule has 0 atom stereocenters. The van der Waals surface area contributed by atoms with Gasteiger partial charge in [0.15, 0.2) is 0 Å². The molecule has 0 aliphatic heterocycles. The molecule has 0 heterocycles. The van der Waals surface area contributed by atoms with Gasteiger partial charge in [-0.2, -0.15) is 4.31 Å². The van der Waals surface area contributed by atoms with Crippen molar-refractivity contribution in [2.24, 2.45) is 0 Å². The fraction of sp³-hybridized carbons (Fsp3) is 0.333. The van der Waals surface area contributed by atoms with Crippen LogP contribution in [0.4, 0.5) is 5.69 Å². The highest BCUT2D eigenvalue weighted by atomic mass is 32.2. The molecule has 0 aromatic heterocycles. The van der Waals surface area contributed by atoms with Gasteiger partial charge in [0.05, 0.1) is 9.82 Å². The molecule has 0 radical (unpaired) electrons. The van der Waals surface area contributed by atoms with Crippen molar-refractivity contribution < 1.29 is 13.3 Å². The Labute approximate surface area is 147 Å². The van der Waals surface area contributed by atoms with E-state index >= 15 is 0 Å². The lowest BCUT2D eigenvalue weighted by Crippen LogP contribution is -2.32. The molecule has 6 nitrogen and oxygen atoms in total. The minimum absolute atomic E-state index is 0.0242. The van der Waals surface area contributed by atoms with Crippen LogP contribution in [0, 0.1) is 24.0 Å². The molecule has 132 valence electrons. The van der Waals surface area contributed by atoms with Crippen molar-refractivity contribution in [3.8, 4) is 0 Å². The van der Waals surface area contributed by atoms with Crippen molar-refractivity contribution in [3.05, 3.63) is 69.3 Å². The Kier molecular flexibility index (Phi) is 4.62. The van der Waals surface area contributed by atoms with Crippen LogP contribution < -0.4 is 0 Å². The van der Waals surface area contributed by atoms with Crippen molar-refractivity contribution in [3.63, 3.8) is 0 Å². The third kappa shape index (κ3) is 3.72. The Bertz CT molecular complexity index is 903. The van der Waals surface area contributed by atoms with Crippen LogP contribution in [0.25, 0.3) is 0 Å². The molecular weight excluding hydrogens is 340 g/mol. The normalized spacial score (nSPS) is 14.7. The SMILES string of the molecule is Cc1ccc(CN(C2CC2)S(=O)(=O)c2ccc(C)c([N+](=O)[O-])c2)cc1. The summed E-state index contributed by atoms with van der Waals surface area (Å²) in [6, 6.07) is 11.8. The van der Waals surface area contributed by atoms with Crippen molar-refractivity contribution >= 4 is 15.7 Å². The van der Waals surface area contributed by atoms with E-state index in [1.807, 2.05) is 31.2 Å². The predicted molar refractivity (Wildman–Crippen MR) is 94.8 cm³/mol. The molecule has 1 fully saturated rings. The molecule has 2 aromatic rings. The van der Waals surface area contributed by atoms with Crippen LogP contribution in [0.3, 0.4) is 0 Å². The summed E-state index contributed by atoms with van der Waals surface area (Å²) in [6.45, 7) is 3.85. The van der Waals surface area contributed by atoms with Gasteiger partial charge >= 0.3 is 0 Å². The number of rotatable bonds is 6. The van der Waals surface area contributed by atoms with Gasteiger partial charge in [-0.25, -0.2) is 8.42 Å². The molecule has 0 spiro atoms. The number of nitro benzene ring substituents is 1.